The molecule has 1 amide bonds. The highest BCUT2D eigenvalue weighted by atomic mass is 35.5. The Labute approximate surface area is 203 Å². The highest BCUT2D eigenvalue weighted by Gasteiger charge is 2.48. The number of imidazole rings is 1. The average molecular weight is 480 g/mol. The van der Waals surface area contributed by atoms with Crippen molar-refractivity contribution in [2.24, 2.45) is 0 Å². The largest absolute Gasteiger partial charge is 0.441 e. The number of nitrogens with zero attached hydrogens (tertiary/aromatic N) is 4. The third-order valence-electron chi connectivity index (χ3n) is 7.00. The van der Waals surface area contributed by atoms with Crippen LogP contribution in [0.4, 0.5) is 10.6 Å². The fraction of sp³-hybridized carbons (Fsp3) is 0.360. The summed E-state index contributed by atoms with van der Waals surface area (Å²) in [5.41, 5.74) is 4.52. The van der Waals surface area contributed by atoms with E-state index >= 15 is 0 Å². The van der Waals surface area contributed by atoms with Crippen LogP contribution >= 0.6 is 12.4 Å². The molecule has 2 aliphatic rings. The Kier molecular flexibility index (Phi) is 5.56. The number of aryl methyl sites for hydroxylation is 2. The van der Waals surface area contributed by atoms with Crippen molar-refractivity contribution in [3.8, 4) is 11.1 Å². The summed E-state index contributed by atoms with van der Waals surface area (Å²) in [5, 5.41) is 4.07. The zero-order valence-corrected chi connectivity index (χ0v) is 19.9. The van der Waals surface area contributed by atoms with Crippen molar-refractivity contribution in [3.63, 3.8) is 0 Å². The standard InChI is InChI=1S/C25H25N5O3.ClH/c1-15-22(16(2)33-29-15)18-6-7-19-20(13-18)28-23(27-19)17-8-10-25(11-9-17)14-30(24(31)32-25)21-5-3-4-12-26-21;/h3-7,12-13,17H,8-11,14H2,1-2H3,(H,27,28);1H. The van der Waals surface area contributed by atoms with Crippen molar-refractivity contribution in [1.29, 1.82) is 0 Å². The Bertz CT molecular complexity index is 1320. The molecule has 0 radical (unpaired) electrons. The van der Waals surface area contributed by atoms with Gasteiger partial charge in [0.05, 0.1) is 23.3 Å². The first-order chi connectivity index (χ1) is 16.0. The summed E-state index contributed by atoms with van der Waals surface area (Å²) >= 11 is 0. The SMILES string of the molecule is Cc1noc(C)c1-c1ccc2nc(C3CCC4(CC3)CN(c3ccccn3)C(=O)O4)[nH]c2c1.Cl. The molecule has 0 unspecified atom stereocenters. The fourth-order valence-electron chi connectivity index (χ4n) is 5.26. The van der Waals surface area contributed by atoms with Crippen LogP contribution in [0.15, 0.2) is 47.1 Å². The second-order valence-corrected chi connectivity index (χ2v) is 9.15. The molecule has 1 aromatic carbocycles. The minimum absolute atomic E-state index is 0. The van der Waals surface area contributed by atoms with E-state index in [4.69, 9.17) is 14.2 Å². The second-order valence-electron chi connectivity index (χ2n) is 9.15. The first-order valence-electron chi connectivity index (χ1n) is 11.4. The maximum atomic E-state index is 12.5. The van der Waals surface area contributed by atoms with E-state index in [9.17, 15) is 4.79 Å². The van der Waals surface area contributed by atoms with Gasteiger partial charge in [-0.1, -0.05) is 17.3 Å². The number of aromatic amines is 1. The maximum Gasteiger partial charge on any atom is 0.416 e. The minimum Gasteiger partial charge on any atom is -0.441 e. The number of H-pyrrole nitrogens is 1. The molecule has 9 heteroatoms. The van der Waals surface area contributed by atoms with E-state index in [1.165, 1.54) is 0 Å². The molecule has 0 bridgehead atoms. The normalized spacial score (nSPS) is 22.2. The van der Waals surface area contributed by atoms with E-state index in [-0.39, 0.29) is 18.5 Å². The highest BCUT2D eigenvalue weighted by Crippen LogP contribution is 2.43. The van der Waals surface area contributed by atoms with Gasteiger partial charge < -0.3 is 14.2 Å². The fourth-order valence-corrected chi connectivity index (χ4v) is 5.26. The van der Waals surface area contributed by atoms with Crippen LogP contribution in [0, 0.1) is 13.8 Å². The van der Waals surface area contributed by atoms with E-state index in [1.807, 2.05) is 38.1 Å². The number of pyridine rings is 1. The summed E-state index contributed by atoms with van der Waals surface area (Å²) in [7, 11) is 0. The summed E-state index contributed by atoms with van der Waals surface area (Å²) in [5.74, 6) is 2.78. The molecular weight excluding hydrogens is 454 g/mol. The summed E-state index contributed by atoms with van der Waals surface area (Å²) in [6.07, 6.45) is 4.85. The molecular formula is C25H26ClN5O3. The number of rotatable bonds is 3. The molecule has 4 heterocycles. The molecule has 1 aliphatic carbocycles. The van der Waals surface area contributed by atoms with Gasteiger partial charge in [0.15, 0.2) is 0 Å². The summed E-state index contributed by atoms with van der Waals surface area (Å²) < 4.78 is 11.2. The maximum absolute atomic E-state index is 12.5. The van der Waals surface area contributed by atoms with Gasteiger partial charge in [-0.15, -0.1) is 12.4 Å². The number of hydrogen-bond acceptors (Lipinski definition) is 6. The zero-order chi connectivity index (χ0) is 22.6. The van der Waals surface area contributed by atoms with Crippen molar-refractivity contribution in [2.45, 2.75) is 51.0 Å². The predicted octanol–water partition coefficient (Wildman–Crippen LogP) is 5.70. The second kappa shape index (κ2) is 8.43. The average Bonchev–Trinajstić information content (AvgIpc) is 3.49. The van der Waals surface area contributed by atoms with Gasteiger partial charge in [-0.3, -0.25) is 4.90 Å². The molecule has 1 aliphatic heterocycles. The van der Waals surface area contributed by atoms with Crippen LogP contribution < -0.4 is 4.90 Å². The molecule has 8 nitrogen and oxygen atoms in total. The number of hydrogen-bond donors (Lipinski definition) is 1. The van der Waals surface area contributed by atoms with Crippen molar-refractivity contribution >= 4 is 35.4 Å². The number of carbonyl (C=O) groups excluding carboxylic acids is 1. The van der Waals surface area contributed by atoms with E-state index in [1.54, 1.807) is 11.1 Å². The Balaban J connectivity index is 0.00000241. The zero-order valence-electron chi connectivity index (χ0n) is 19.1. The summed E-state index contributed by atoms with van der Waals surface area (Å²) in [6, 6.07) is 11.8. The molecule has 6 rings (SSSR count). The van der Waals surface area contributed by atoms with Crippen LogP contribution in [0.2, 0.25) is 0 Å². The van der Waals surface area contributed by atoms with Crippen LogP contribution in [0.1, 0.15) is 48.9 Å². The van der Waals surface area contributed by atoms with E-state index in [0.717, 1.165) is 65.1 Å². The van der Waals surface area contributed by atoms with E-state index in [0.29, 0.717) is 18.3 Å². The lowest BCUT2D eigenvalue weighted by Crippen LogP contribution is -2.38. The molecule has 4 aromatic rings. The van der Waals surface area contributed by atoms with Gasteiger partial charge in [-0.25, -0.2) is 14.8 Å². The van der Waals surface area contributed by atoms with Crippen molar-refractivity contribution in [1.82, 2.24) is 20.1 Å². The number of nitrogens with one attached hydrogen (secondary N) is 1. The number of amides is 1. The van der Waals surface area contributed by atoms with Crippen LogP contribution in [0.5, 0.6) is 0 Å². The number of aromatic nitrogens is 4. The third-order valence-corrected chi connectivity index (χ3v) is 7.00. The molecule has 3 aromatic heterocycles. The van der Waals surface area contributed by atoms with Gasteiger partial charge in [0.1, 0.15) is 23.0 Å². The number of anilines is 1. The Morgan fingerprint density at radius 1 is 1.15 bits per heavy atom. The van der Waals surface area contributed by atoms with E-state index < -0.39 is 5.60 Å². The number of ether oxygens (including phenoxy) is 1. The summed E-state index contributed by atoms with van der Waals surface area (Å²) in [4.78, 5) is 26.9. The minimum atomic E-state index is -0.437. The lowest BCUT2D eigenvalue weighted by atomic mass is 9.78. The molecule has 1 spiro atoms. The first kappa shape index (κ1) is 22.4. The monoisotopic (exact) mass is 479 g/mol. The molecule has 34 heavy (non-hydrogen) atoms. The van der Waals surface area contributed by atoms with Gasteiger partial charge in [0.2, 0.25) is 0 Å². The molecule has 0 atom stereocenters. The number of benzene rings is 1. The lowest BCUT2D eigenvalue weighted by Gasteiger charge is -2.34. The Hall–Kier alpha value is -3.39. The quantitative estimate of drug-likeness (QED) is 0.404. The van der Waals surface area contributed by atoms with Crippen molar-refractivity contribution in [2.75, 3.05) is 11.4 Å². The van der Waals surface area contributed by atoms with Gasteiger partial charge in [-0.2, -0.15) is 0 Å². The Morgan fingerprint density at radius 3 is 2.68 bits per heavy atom. The van der Waals surface area contributed by atoms with Crippen LogP contribution in [-0.4, -0.2) is 38.3 Å². The van der Waals surface area contributed by atoms with Crippen molar-refractivity contribution in [3.05, 3.63) is 59.9 Å². The molecule has 1 N–H and O–H groups in total. The topological polar surface area (TPSA) is 97.1 Å². The van der Waals surface area contributed by atoms with Crippen LogP contribution in [0.3, 0.4) is 0 Å². The van der Waals surface area contributed by atoms with Gasteiger partial charge in [0, 0.05) is 17.7 Å². The van der Waals surface area contributed by atoms with Crippen LogP contribution in [0.25, 0.3) is 22.2 Å². The number of carbonyl (C=O) groups is 1. The predicted molar refractivity (Wildman–Crippen MR) is 130 cm³/mol. The van der Waals surface area contributed by atoms with Gasteiger partial charge in [0.25, 0.3) is 0 Å². The van der Waals surface area contributed by atoms with Crippen LogP contribution in [-0.2, 0) is 4.74 Å². The smallest absolute Gasteiger partial charge is 0.416 e. The van der Waals surface area contributed by atoms with Gasteiger partial charge in [-0.05, 0) is 69.4 Å². The number of fused-ring (bicyclic) bond motifs is 1. The highest BCUT2D eigenvalue weighted by molar-refractivity contribution is 5.89. The molecule has 1 saturated heterocycles. The third kappa shape index (κ3) is 3.72. The summed E-state index contributed by atoms with van der Waals surface area (Å²) in [6.45, 7) is 4.44. The molecule has 2 fully saturated rings. The number of halogens is 1. The van der Waals surface area contributed by atoms with Crippen molar-refractivity contribution < 1.29 is 14.1 Å². The molecule has 1 saturated carbocycles. The van der Waals surface area contributed by atoms with E-state index in [2.05, 4.69) is 27.3 Å². The van der Waals surface area contributed by atoms with Gasteiger partial charge >= 0.3 is 6.09 Å². The first-order valence-corrected chi connectivity index (χ1v) is 11.4. The molecule has 176 valence electrons. The Morgan fingerprint density at radius 2 is 1.97 bits per heavy atom. The lowest BCUT2D eigenvalue weighted by molar-refractivity contribution is 0.0208.